The van der Waals surface area contributed by atoms with Crippen molar-refractivity contribution < 1.29 is 0 Å². The average molecular weight is 213 g/mol. The van der Waals surface area contributed by atoms with Crippen LogP contribution in [0.3, 0.4) is 0 Å². The van der Waals surface area contributed by atoms with Crippen molar-refractivity contribution in [3.63, 3.8) is 0 Å². The number of para-hydroxylation sites is 1. The van der Waals surface area contributed by atoms with E-state index in [0.717, 1.165) is 5.92 Å². The van der Waals surface area contributed by atoms with Gasteiger partial charge in [0.15, 0.2) is 0 Å². The SMILES string of the molecule is CC1=Nc2ccccc2[C@@]12CCCC[C@@H]2C. The molecule has 1 aromatic carbocycles. The monoisotopic (exact) mass is 213 g/mol. The van der Waals surface area contributed by atoms with Gasteiger partial charge in [-0.15, -0.1) is 0 Å². The highest BCUT2D eigenvalue weighted by Gasteiger charge is 2.46. The second-order valence-corrected chi connectivity index (χ2v) is 5.33. The Hall–Kier alpha value is -1.11. The predicted octanol–water partition coefficient (Wildman–Crippen LogP) is 4.24. The van der Waals surface area contributed by atoms with Crippen LogP contribution in [-0.4, -0.2) is 5.71 Å². The van der Waals surface area contributed by atoms with Crippen LogP contribution in [0.25, 0.3) is 0 Å². The zero-order valence-electron chi connectivity index (χ0n) is 10.2. The number of rotatable bonds is 0. The normalized spacial score (nSPS) is 32.6. The summed E-state index contributed by atoms with van der Waals surface area (Å²) in [7, 11) is 0. The summed E-state index contributed by atoms with van der Waals surface area (Å²) >= 11 is 0. The summed E-state index contributed by atoms with van der Waals surface area (Å²) in [6, 6.07) is 8.71. The topological polar surface area (TPSA) is 12.4 Å². The molecule has 0 N–H and O–H groups in total. The largest absolute Gasteiger partial charge is 0.257 e. The molecule has 0 unspecified atom stereocenters. The summed E-state index contributed by atoms with van der Waals surface area (Å²) in [4.78, 5) is 4.80. The molecule has 2 atom stereocenters. The first-order valence-electron chi connectivity index (χ1n) is 6.40. The van der Waals surface area contributed by atoms with E-state index in [9.17, 15) is 0 Å². The molecule has 1 aromatic rings. The van der Waals surface area contributed by atoms with Gasteiger partial charge in [-0.05, 0) is 37.3 Å². The van der Waals surface area contributed by atoms with E-state index < -0.39 is 0 Å². The number of hydrogen-bond acceptors (Lipinski definition) is 1. The maximum atomic E-state index is 4.80. The van der Waals surface area contributed by atoms with Crippen LogP contribution in [0.1, 0.15) is 45.1 Å². The van der Waals surface area contributed by atoms with Crippen LogP contribution in [0, 0.1) is 5.92 Å². The molecule has 1 aliphatic heterocycles. The van der Waals surface area contributed by atoms with E-state index in [1.165, 1.54) is 42.6 Å². The third-order valence-corrected chi connectivity index (χ3v) is 4.62. The van der Waals surface area contributed by atoms with Gasteiger partial charge >= 0.3 is 0 Å². The minimum absolute atomic E-state index is 0.273. The minimum atomic E-state index is 0.273. The van der Waals surface area contributed by atoms with Crippen molar-refractivity contribution in [3.8, 4) is 0 Å². The van der Waals surface area contributed by atoms with Crippen LogP contribution in [-0.2, 0) is 5.41 Å². The fourth-order valence-electron chi connectivity index (χ4n) is 3.71. The smallest absolute Gasteiger partial charge is 0.0670 e. The third kappa shape index (κ3) is 1.15. The molecule has 1 nitrogen and oxygen atoms in total. The first kappa shape index (κ1) is 10.1. The number of nitrogens with zero attached hydrogens (tertiary/aromatic N) is 1. The predicted molar refractivity (Wildman–Crippen MR) is 68.5 cm³/mol. The first-order chi connectivity index (χ1) is 7.75. The standard InChI is InChI=1S/C15H19N/c1-11-7-5-6-10-15(11)12(2)16-14-9-4-3-8-13(14)15/h3-4,8-9,11H,5-7,10H2,1-2H3/t11-,15+/m0/s1. The molecule has 0 saturated heterocycles. The second kappa shape index (κ2) is 3.44. The number of aliphatic imine (C=N–C) groups is 1. The van der Waals surface area contributed by atoms with E-state index in [4.69, 9.17) is 4.99 Å². The lowest BCUT2D eigenvalue weighted by atomic mass is 9.62. The molecule has 1 spiro atoms. The van der Waals surface area contributed by atoms with Crippen molar-refractivity contribution in [2.24, 2.45) is 10.9 Å². The molecule has 1 aliphatic carbocycles. The van der Waals surface area contributed by atoms with Gasteiger partial charge in [0.2, 0.25) is 0 Å². The van der Waals surface area contributed by atoms with Gasteiger partial charge < -0.3 is 0 Å². The van der Waals surface area contributed by atoms with Gasteiger partial charge in [0.05, 0.1) is 5.69 Å². The molecule has 1 heterocycles. The molecular formula is C15H19N. The molecule has 0 bridgehead atoms. The van der Waals surface area contributed by atoms with E-state index in [0.29, 0.717) is 0 Å². The Morgan fingerprint density at radius 2 is 2.06 bits per heavy atom. The van der Waals surface area contributed by atoms with E-state index in [1.807, 2.05) is 0 Å². The highest BCUT2D eigenvalue weighted by atomic mass is 14.8. The molecular weight excluding hydrogens is 194 g/mol. The van der Waals surface area contributed by atoms with Crippen molar-refractivity contribution in [2.45, 2.75) is 44.9 Å². The van der Waals surface area contributed by atoms with Crippen LogP contribution in [0.4, 0.5) is 5.69 Å². The zero-order valence-corrected chi connectivity index (χ0v) is 10.2. The van der Waals surface area contributed by atoms with Gasteiger partial charge in [0.25, 0.3) is 0 Å². The number of fused-ring (bicyclic) bond motifs is 2. The summed E-state index contributed by atoms with van der Waals surface area (Å²) in [5, 5.41) is 0. The van der Waals surface area contributed by atoms with E-state index in [2.05, 4.69) is 38.1 Å². The van der Waals surface area contributed by atoms with Crippen molar-refractivity contribution in [3.05, 3.63) is 29.8 Å². The number of benzene rings is 1. The molecule has 0 aromatic heterocycles. The Kier molecular flexibility index (Phi) is 2.17. The molecule has 0 amide bonds. The van der Waals surface area contributed by atoms with Crippen LogP contribution in [0.2, 0.25) is 0 Å². The van der Waals surface area contributed by atoms with Gasteiger partial charge in [-0.2, -0.15) is 0 Å². The van der Waals surface area contributed by atoms with Gasteiger partial charge in [0, 0.05) is 11.1 Å². The molecule has 1 fully saturated rings. The zero-order chi connectivity index (χ0) is 11.2. The van der Waals surface area contributed by atoms with Crippen molar-refractivity contribution in [2.75, 3.05) is 0 Å². The maximum absolute atomic E-state index is 4.80. The second-order valence-electron chi connectivity index (χ2n) is 5.33. The Morgan fingerprint density at radius 1 is 1.25 bits per heavy atom. The number of hydrogen-bond donors (Lipinski definition) is 0. The van der Waals surface area contributed by atoms with Crippen molar-refractivity contribution in [1.82, 2.24) is 0 Å². The summed E-state index contributed by atoms with van der Waals surface area (Å²) in [5.41, 5.74) is 4.32. The van der Waals surface area contributed by atoms with E-state index in [-0.39, 0.29) is 5.41 Å². The molecule has 84 valence electrons. The fourth-order valence-corrected chi connectivity index (χ4v) is 3.71. The average Bonchev–Trinajstić information content (AvgIpc) is 2.57. The summed E-state index contributed by atoms with van der Waals surface area (Å²) < 4.78 is 0. The van der Waals surface area contributed by atoms with E-state index in [1.54, 1.807) is 0 Å². The molecule has 0 radical (unpaired) electrons. The van der Waals surface area contributed by atoms with Crippen LogP contribution in [0.15, 0.2) is 29.3 Å². The first-order valence-corrected chi connectivity index (χ1v) is 6.40. The Bertz CT molecular complexity index is 447. The van der Waals surface area contributed by atoms with Crippen molar-refractivity contribution >= 4 is 11.4 Å². The van der Waals surface area contributed by atoms with Gasteiger partial charge in [-0.25, -0.2) is 0 Å². The Morgan fingerprint density at radius 3 is 2.88 bits per heavy atom. The Labute approximate surface area is 97.6 Å². The molecule has 2 aliphatic rings. The van der Waals surface area contributed by atoms with Gasteiger partial charge in [-0.3, -0.25) is 4.99 Å². The lowest BCUT2D eigenvalue weighted by Gasteiger charge is -2.40. The van der Waals surface area contributed by atoms with Crippen molar-refractivity contribution in [1.29, 1.82) is 0 Å². The highest BCUT2D eigenvalue weighted by molar-refractivity contribution is 6.00. The summed E-state index contributed by atoms with van der Waals surface area (Å²) in [6.07, 6.45) is 5.38. The molecule has 1 saturated carbocycles. The minimum Gasteiger partial charge on any atom is -0.257 e. The maximum Gasteiger partial charge on any atom is 0.0670 e. The third-order valence-electron chi connectivity index (χ3n) is 4.62. The van der Waals surface area contributed by atoms with Gasteiger partial charge in [0.1, 0.15) is 0 Å². The summed E-state index contributed by atoms with van der Waals surface area (Å²) in [5.74, 6) is 0.744. The quantitative estimate of drug-likeness (QED) is 0.611. The fraction of sp³-hybridized carbons (Fsp3) is 0.533. The van der Waals surface area contributed by atoms with Crippen LogP contribution in [0.5, 0.6) is 0 Å². The van der Waals surface area contributed by atoms with Crippen LogP contribution < -0.4 is 0 Å². The van der Waals surface area contributed by atoms with E-state index >= 15 is 0 Å². The lowest BCUT2D eigenvalue weighted by molar-refractivity contribution is 0.277. The molecule has 16 heavy (non-hydrogen) atoms. The van der Waals surface area contributed by atoms with Gasteiger partial charge in [-0.1, -0.05) is 38.0 Å². The molecule has 1 heteroatoms. The highest BCUT2D eigenvalue weighted by Crippen LogP contribution is 2.51. The summed E-state index contributed by atoms with van der Waals surface area (Å²) in [6.45, 7) is 4.63. The molecule has 3 rings (SSSR count). The Balaban J connectivity index is 2.17. The van der Waals surface area contributed by atoms with Crippen LogP contribution >= 0.6 is 0 Å². The lowest BCUT2D eigenvalue weighted by Crippen LogP contribution is -2.40.